The van der Waals surface area contributed by atoms with Gasteiger partial charge in [-0.15, -0.1) is 0 Å². The van der Waals surface area contributed by atoms with Gasteiger partial charge < -0.3 is 21.1 Å². The molecule has 3 aliphatic rings. The normalized spacial score (nSPS) is 21.0. The number of hydrogen-bond donors (Lipinski definition) is 2. The van der Waals surface area contributed by atoms with Crippen molar-refractivity contribution < 1.29 is 9.13 Å². The number of nitrogens with zero attached hydrogens (tertiary/aromatic N) is 4. The van der Waals surface area contributed by atoms with Gasteiger partial charge >= 0.3 is 0 Å². The van der Waals surface area contributed by atoms with Crippen LogP contribution in [0.25, 0.3) is 11.3 Å². The van der Waals surface area contributed by atoms with Gasteiger partial charge in [-0.05, 0) is 37.8 Å². The zero-order chi connectivity index (χ0) is 20.4. The van der Waals surface area contributed by atoms with Gasteiger partial charge in [0.1, 0.15) is 24.3 Å². The standard InChI is InChI=1S/C17H20N6O.C4H7F/c1-2-14-16-11(10-24-17(14)19)8-23(21-16)13-3-4-15(20-7-13)22-6-5-12(18)9-22;5-4-2-1-3-4/h2-4,7-8,12H,1,5-6,9-10,18-19H2;4H,1-3H2. The van der Waals surface area contributed by atoms with Gasteiger partial charge in [-0.2, -0.15) is 5.10 Å². The molecule has 0 bridgehead atoms. The molecule has 0 amide bonds. The summed E-state index contributed by atoms with van der Waals surface area (Å²) in [4.78, 5) is 6.76. The van der Waals surface area contributed by atoms with Crippen molar-refractivity contribution in [1.29, 1.82) is 0 Å². The van der Waals surface area contributed by atoms with Crippen LogP contribution in [0.5, 0.6) is 0 Å². The second-order valence-corrected chi connectivity index (χ2v) is 7.62. The van der Waals surface area contributed by atoms with Gasteiger partial charge in [0.05, 0.1) is 17.5 Å². The fourth-order valence-electron chi connectivity index (χ4n) is 3.48. The lowest BCUT2D eigenvalue weighted by Crippen LogP contribution is -2.26. The minimum Gasteiger partial charge on any atom is -0.474 e. The molecule has 8 heteroatoms. The van der Waals surface area contributed by atoms with E-state index in [1.165, 1.54) is 0 Å². The Hall–Kier alpha value is -2.87. The summed E-state index contributed by atoms with van der Waals surface area (Å²) in [6, 6.07) is 4.24. The van der Waals surface area contributed by atoms with Crippen molar-refractivity contribution in [2.24, 2.45) is 11.5 Å². The summed E-state index contributed by atoms with van der Waals surface area (Å²) in [6.07, 6.45) is 8.75. The highest BCUT2D eigenvalue weighted by molar-refractivity contribution is 5.75. The molecule has 2 aliphatic heterocycles. The average Bonchev–Trinajstić information content (AvgIpc) is 3.33. The minimum atomic E-state index is -0.435. The van der Waals surface area contributed by atoms with Crippen LogP contribution in [0.3, 0.4) is 0 Å². The maximum Gasteiger partial charge on any atom is 0.194 e. The summed E-state index contributed by atoms with van der Waals surface area (Å²) in [5, 5.41) is 4.62. The minimum absolute atomic E-state index is 0.235. The Morgan fingerprint density at radius 2 is 2.07 bits per heavy atom. The molecule has 154 valence electrons. The molecule has 2 fully saturated rings. The number of aromatic nitrogens is 3. The summed E-state index contributed by atoms with van der Waals surface area (Å²) in [7, 11) is 0. The average molecular weight is 398 g/mol. The molecule has 0 radical (unpaired) electrons. The Morgan fingerprint density at radius 1 is 1.28 bits per heavy atom. The van der Waals surface area contributed by atoms with E-state index in [2.05, 4.69) is 21.6 Å². The first-order valence-corrected chi connectivity index (χ1v) is 10.00. The van der Waals surface area contributed by atoms with Gasteiger partial charge in [0.2, 0.25) is 0 Å². The van der Waals surface area contributed by atoms with Gasteiger partial charge in [0.15, 0.2) is 5.88 Å². The summed E-state index contributed by atoms with van der Waals surface area (Å²) in [5.41, 5.74) is 15.2. The number of halogens is 1. The summed E-state index contributed by atoms with van der Waals surface area (Å²) >= 11 is 0. The number of allylic oxidation sites excluding steroid dienone is 2. The molecule has 0 aromatic carbocycles. The monoisotopic (exact) mass is 398 g/mol. The molecular formula is C21H27FN6O. The van der Waals surface area contributed by atoms with Crippen LogP contribution in [0.2, 0.25) is 0 Å². The first-order valence-electron chi connectivity index (χ1n) is 10.00. The molecule has 1 aliphatic carbocycles. The van der Waals surface area contributed by atoms with Crippen molar-refractivity contribution in [2.45, 2.75) is 44.5 Å². The molecule has 7 nitrogen and oxygen atoms in total. The molecule has 4 heterocycles. The van der Waals surface area contributed by atoms with E-state index in [9.17, 15) is 4.39 Å². The van der Waals surface area contributed by atoms with Gasteiger partial charge in [-0.1, -0.05) is 12.7 Å². The van der Waals surface area contributed by atoms with Crippen molar-refractivity contribution >= 4 is 11.4 Å². The zero-order valence-electron chi connectivity index (χ0n) is 16.4. The molecule has 1 atom stereocenters. The Kier molecular flexibility index (Phi) is 5.53. The number of anilines is 1. The third-order valence-corrected chi connectivity index (χ3v) is 5.48. The number of hydrogen-bond acceptors (Lipinski definition) is 6. The quantitative estimate of drug-likeness (QED) is 0.825. The van der Waals surface area contributed by atoms with Crippen molar-refractivity contribution in [3.8, 4) is 5.69 Å². The van der Waals surface area contributed by atoms with E-state index < -0.39 is 6.17 Å². The lowest BCUT2D eigenvalue weighted by molar-refractivity contribution is 0.193. The number of nitrogens with two attached hydrogens (primary N) is 2. The van der Waals surface area contributed by atoms with Crippen molar-refractivity contribution in [3.05, 3.63) is 54.3 Å². The van der Waals surface area contributed by atoms with Crippen LogP contribution in [0.15, 0.2) is 43.1 Å². The van der Waals surface area contributed by atoms with Crippen molar-refractivity contribution in [3.63, 3.8) is 0 Å². The Bertz CT molecular complexity index is 902. The molecule has 29 heavy (non-hydrogen) atoms. The number of alkyl halides is 1. The number of fused-ring (bicyclic) bond motifs is 1. The first kappa shape index (κ1) is 19.4. The molecule has 1 saturated heterocycles. The summed E-state index contributed by atoms with van der Waals surface area (Å²) < 4.78 is 18.8. The fourth-order valence-corrected chi connectivity index (χ4v) is 3.48. The van der Waals surface area contributed by atoms with Crippen LogP contribution in [-0.2, 0) is 11.3 Å². The summed E-state index contributed by atoms with van der Waals surface area (Å²) in [6.45, 7) is 6.00. The smallest absolute Gasteiger partial charge is 0.194 e. The van der Waals surface area contributed by atoms with E-state index in [0.29, 0.717) is 12.5 Å². The van der Waals surface area contributed by atoms with Crippen molar-refractivity contribution in [2.75, 3.05) is 18.0 Å². The van der Waals surface area contributed by atoms with Crippen LogP contribution in [0, 0.1) is 0 Å². The Labute approximate surface area is 169 Å². The SMILES string of the molecule is C=CC1=C(N)OCc2cn(-c3ccc(N4CCC(N)C4)nc3)nc21.FC1CCC1. The molecule has 1 saturated carbocycles. The third-order valence-electron chi connectivity index (χ3n) is 5.48. The molecule has 2 aromatic rings. The van der Waals surface area contributed by atoms with Gasteiger partial charge in [-0.3, -0.25) is 0 Å². The maximum absolute atomic E-state index is 11.5. The zero-order valence-corrected chi connectivity index (χ0v) is 16.4. The number of ether oxygens (including phenoxy) is 1. The van der Waals surface area contributed by atoms with Gasteiger partial charge in [0, 0.05) is 30.9 Å². The predicted octanol–water partition coefficient (Wildman–Crippen LogP) is 2.66. The number of pyridine rings is 1. The highest BCUT2D eigenvalue weighted by Crippen LogP contribution is 2.28. The van der Waals surface area contributed by atoms with E-state index in [1.54, 1.807) is 10.8 Å². The van der Waals surface area contributed by atoms with Gasteiger partial charge in [-0.25, -0.2) is 14.1 Å². The topological polar surface area (TPSA) is 95.2 Å². The largest absolute Gasteiger partial charge is 0.474 e. The van der Waals surface area contributed by atoms with E-state index in [1.807, 2.05) is 24.5 Å². The second kappa shape index (κ2) is 8.24. The maximum atomic E-state index is 11.5. The van der Waals surface area contributed by atoms with Gasteiger partial charge in [0.25, 0.3) is 0 Å². The lowest BCUT2D eigenvalue weighted by atomic mass is 9.98. The molecule has 5 rings (SSSR count). The Balaban J connectivity index is 0.000000359. The van der Waals surface area contributed by atoms with Crippen LogP contribution in [0.1, 0.15) is 36.9 Å². The van der Waals surface area contributed by atoms with Crippen LogP contribution >= 0.6 is 0 Å². The van der Waals surface area contributed by atoms with Crippen molar-refractivity contribution in [1.82, 2.24) is 14.8 Å². The molecule has 2 aromatic heterocycles. The van der Waals surface area contributed by atoms with E-state index in [4.69, 9.17) is 16.2 Å². The molecule has 1 unspecified atom stereocenters. The van der Waals surface area contributed by atoms with E-state index >= 15 is 0 Å². The first-order chi connectivity index (χ1) is 14.0. The second-order valence-electron chi connectivity index (χ2n) is 7.62. The lowest BCUT2D eigenvalue weighted by Gasteiger charge is -2.16. The van der Waals surface area contributed by atoms with Crippen LogP contribution in [0.4, 0.5) is 10.2 Å². The number of rotatable bonds is 3. The van der Waals surface area contributed by atoms with Crippen LogP contribution < -0.4 is 16.4 Å². The van der Waals surface area contributed by atoms with E-state index in [-0.39, 0.29) is 6.04 Å². The predicted molar refractivity (Wildman–Crippen MR) is 111 cm³/mol. The highest BCUT2D eigenvalue weighted by Gasteiger charge is 2.22. The van der Waals surface area contributed by atoms with Crippen LogP contribution in [-0.4, -0.2) is 40.1 Å². The molecular weight excluding hydrogens is 371 g/mol. The van der Waals surface area contributed by atoms with E-state index in [0.717, 1.165) is 67.1 Å². The Morgan fingerprint density at radius 3 is 2.62 bits per heavy atom. The molecule has 0 spiro atoms. The molecule has 4 N–H and O–H groups in total. The highest BCUT2D eigenvalue weighted by atomic mass is 19.1. The fraction of sp³-hybridized carbons (Fsp3) is 0.429. The summed E-state index contributed by atoms with van der Waals surface area (Å²) in [5.74, 6) is 1.31. The third kappa shape index (κ3) is 4.12.